The number of nitrogens with two attached hydrogens (primary N) is 1. The zero-order valence-electron chi connectivity index (χ0n) is 12.0. The Morgan fingerprint density at radius 1 is 1.55 bits per heavy atom. The van der Waals surface area contributed by atoms with Crippen LogP contribution in [0.2, 0.25) is 0 Å². The Morgan fingerprint density at radius 3 is 3.20 bits per heavy atom. The van der Waals surface area contributed by atoms with Gasteiger partial charge in [0.15, 0.2) is 0 Å². The van der Waals surface area contributed by atoms with Gasteiger partial charge in [0.2, 0.25) is 5.91 Å². The van der Waals surface area contributed by atoms with Crippen LogP contribution < -0.4 is 11.1 Å². The van der Waals surface area contributed by atoms with Crippen molar-refractivity contribution < 1.29 is 9.53 Å². The average molecular weight is 277 g/mol. The fourth-order valence-electron chi connectivity index (χ4n) is 2.38. The number of amides is 1. The van der Waals surface area contributed by atoms with Crippen LogP contribution in [0.1, 0.15) is 19.8 Å². The van der Waals surface area contributed by atoms with E-state index in [0.29, 0.717) is 12.1 Å². The minimum Gasteiger partial charge on any atom is -0.399 e. The van der Waals surface area contributed by atoms with Gasteiger partial charge in [-0.1, -0.05) is 6.07 Å². The predicted octanol–water partition coefficient (Wildman–Crippen LogP) is 1.71. The summed E-state index contributed by atoms with van der Waals surface area (Å²) in [6.45, 7) is 5.54. The minimum atomic E-state index is 0.0217. The third-order valence-corrected chi connectivity index (χ3v) is 3.36. The summed E-state index contributed by atoms with van der Waals surface area (Å²) in [6, 6.07) is 7.24. The molecular formula is C15H23N3O2. The Balaban J connectivity index is 1.77. The number of hydrogen-bond acceptors (Lipinski definition) is 4. The van der Waals surface area contributed by atoms with E-state index in [4.69, 9.17) is 10.5 Å². The quantitative estimate of drug-likeness (QED) is 0.822. The number of nitrogen functional groups attached to an aromatic ring is 1. The highest BCUT2D eigenvalue weighted by molar-refractivity contribution is 5.91. The standard InChI is InChI=1S/C15H23N3O2/c1-12-11-18(7-3-9-20-12)8-6-15(19)17-14-5-2-4-13(16)10-14/h2,4-5,10,12H,3,6-9,11,16H2,1H3,(H,17,19). The van der Waals surface area contributed by atoms with Crippen molar-refractivity contribution in [1.82, 2.24) is 4.90 Å². The Bertz CT molecular complexity index is 450. The van der Waals surface area contributed by atoms with E-state index in [1.54, 1.807) is 12.1 Å². The summed E-state index contributed by atoms with van der Waals surface area (Å²) in [5, 5.41) is 2.87. The summed E-state index contributed by atoms with van der Waals surface area (Å²) < 4.78 is 5.59. The molecule has 1 unspecified atom stereocenters. The lowest BCUT2D eigenvalue weighted by molar-refractivity contribution is -0.116. The fraction of sp³-hybridized carbons (Fsp3) is 0.533. The minimum absolute atomic E-state index is 0.0217. The van der Waals surface area contributed by atoms with Crippen molar-refractivity contribution in [2.45, 2.75) is 25.9 Å². The molecule has 0 bridgehead atoms. The second kappa shape index (κ2) is 7.26. The zero-order valence-corrected chi connectivity index (χ0v) is 12.0. The first-order valence-corrected chi connectivity index (χ1v) is 7.13. The number of benzene rings is 1. The van der Waals surface area contributed by atoms with Crippen molar-refractivity contribution in [3.05, 3.63) is 24.3 Å². The van der Waals surface area contributed by atoms with Gasteiger partial charge in [-0.05, 0) is 31.5 Å². The van der Waals surface area contributed by atoms with Crippen molar-refractivity contribution >= 4 is 17.3 Å². The van der Waals surface area contributed by atoms with E-state index in [1.165, 1.54) is 0 Å². The molecule has 5 nitrogen and oxygen atoms in total. The maximum absolute atomic E-state index is 11.9. The molecule has 1 saturated heterocycles. The topological polar surface area (TPSA) is 67.6 Å². The van der Waals surface area contributed by atoms with Crippen molar-refractivity contribution in [1.29, 1.82) is 0 Å². The van der Waals surface area contributed by atoms with E-state index in [-0.39, 0.29) is 12.0 Å². The second-order valence-electron chi connectivity index (χ2n) is 5.26. The summed E-state index contributed by atoms with van der Waals surface area (Å²) in [4.78, 5) is 14.2. The van der Waals surface area contributed by atoms with E-state index in [1.807, 2.05) is 12.1 Å². The first-order chi connectivity index (χ1) is 9.63. The summed E-state index contributed by atoms with van der Waals surface area (Å²) in [5.41, 5.74) is 7.09. The number of nitrogens with one attached hydrogen (secondary N) is 1. The van der Waals surface area contributed by atoms with E-state index in [2.05, 4.69) is 17.1 Å². The van der Waals surface area contributed by atoms with Gasteiger partial charge in [0.05, 0.1) is 6.10 Å². The molecular weight excluding hydrogens is 254 g/mol. The zero-order chi connectivity index (χ0) is 14.4. The van der Waals surface area contributed by atoms with Crippen LogP contribution in [0.25, 0.3) is 0 Å². The van der Waals surface area contributed by atoms with Crippen LogP contribution in [0.3, 0.4) is 0 Å². The van der Waals surface area contributed by atoms with E-state index in [9.17, 15) is 4.79 Å². The predicted molar refractivity (Wildman–Crippen MR) is 80.6 cm³/mol. The molecule has 0 spiro atoms. The lowest BCUT2D eigenvalue weighted by atomic mass is 10.2. The Labute approximate surface area is 120 Å². The number of ether oxygens (including phenoxy) is 1. The summed E-state index contributed by atoms with van der Waals surface area (Å²) in [5.74, 6) is 0.0217. The van der Waals surface area contributed by atoms with Gasteiger partial charge in [0.25, 0.3) is 0 Å². The average Bonchev–Trinajstić information content (AvgIpc) is 2.61. The molecule has 0 aliphatic carbocycles. The molecule has 1 heterocycles. The maximum Gasteiger partial charge on any atom is 0.225 e. The monoisotopic (exact) mass is 277 g/mol. The number of rotatable bonds is 4. The lowest BCUT2D eigenvalue weighted by Gasteiger charge is -2.21. The van der Waals surface area contributed by atoms with Gasteiger partial charge in [0.1, 0.15) is 0 Å². The summed E-state index contributed by atoms with van der Waals surface area (Å²) >= 11 is 0. The molecule has 0 aromatic heterocycles. The lowest BCUT2D eigenvalue weighted by Crippen LogP contribution is -2.33. The largest absolute Gasteiger partial charge is 0.399 e. The first-order valence-electron chi connectivity index (χ1n) is 7.13. The first kappa shape index (κ1) is 14.8. The molecule has 1 aromatic rings. The smallest absolute Gasteiger partial charge is 0.225 e. The van der Waals surface area contributed by atoms with Gasteiger partial charge in [-0.25, -0.2) is 0 Å². The molecule has 1 aromatic carbocycles. The third-order valence-electron chi connectivity index (χ3n) is 3.36. The van der Waals surface area contributed by atoms with Crippen LogP contribution in [0.4, 0.5) is 11.4 Å². The number of anilines is 2. The molecule has 20 heavy (non-hydrogen) atoms. The second-order valence-corrected chi connectivity index (χ2v) is 5.26. The van der Waals surface area contributed by atoms with Crippen molar-refractivity contribution in [3.63, 3.8) is 0 Å². The fourth-order valence-corrected chi connectivity index (χ4v) is 2.38. The van der Waals surface area contributed by atoms with Gasteiger partial charge in [-0.2, -0.15) is 0 Å². The molecule has 1 aliphatic heterocycles. The van der Waals surface area contributed by atoms with Crippen LogP contribution in [0.15, 0.2) is 24.3 Å². The molecule has 2 rings (SSSR count). The van der Waals surface area contributed by atoms with Crippen LogP contribution in [-0.4, -0.2) is 43.2 Å². The van der Waals surface area contributed by atoms with Gasteiger partial charge in [-0.3, -0.25) is 4.79 Å². The van der Waals surface area contributed by atoms with Crippen molar-refractivity contribution in [2.24, 2.45) is 0 Å². The summed E-state index contributed by atoms with van der Waals surface area (Å²) in [7, 11) is 0. The van der Waals surface area contributed by atoms with E-state index < -0.39 is 0 Å². The SMILES string of the molecule is CC1CN(CCC(=O)Nc2cccc(N)c2)CCCO1. The molecule has 1 amide bonds. The summed E-state index contributed by atoms with van der Waals surface area (Å²) in [6.07, 6.45) is 1.76. The highest BCUT2D eigenvalue weighted by Crippen LogP contribution is 2.12. The van der Waals surface area contributed by atoms with Gasteiger partial charge < -0.3 is 20.7 Å². The van der Waals surface area contributed by atoms with Crippen LogP contribution in [-0.2, 0) is 9.53 Å². The number of carbonyl (C=O) groups excluding carboxylic acids is 1. The third kappa shape index (κ3) is 4.83. The van der Waals surface area contributed by atoms with E-state index in [0.717, 1.165) is 38.3 Å². The van der Waals surface area contributed by atoms with Gasteiger partial charge in [0, 0.05) is 44.0 Å². The highest BCUT2D eigenvalue weighted by Gasteiger charge is 2.15. The van der Waals surface area contributed by atoms with Crippen LogP contribution >= 0.6 is 0 Å². The molecule has 0 radical (unpaired) electrons. The van der Waals surface area contributed by atoms with E-state index >= 15 is 0 Å². The Morgan fingerprint density at radius 2 is 2.40 bits per heavy atom. The molecule has 1 fully saturated rings. The normalized spacial score (nSPS) is 20.4. The molecule has 0 saturated carbocycles. The Hall–Kier alpha value is -1.59. The van der Waals surface area contributed by atoms with Gasteiger partial charge in [-0.15, -0.1) is 0 Å². The maximum atomic E-state index is 11.9. The Kier molecular flexibility index (Phi) is 5.38. The molecule has 110 valence electrons. The van der Waals surface area contributed by atoms with Crippen LogP contribution in [0, 0.1) is 0 Å². The van der Waals surface area contributed by atoms with Crippen LogP contribution in [0.5, 0.6) is 0 Å². The van der Waals surface area contributed by atoms with Gasteiger partial charge >= 0.3 is 0 Å². The number of carbonyl (C=O) groups is 1. The molecule has 5 heteroatoms. The molecule has 1 aliphatic rings. The molecule has 1 atom stereocenters. The number of hydrogen-bond donors (Lipinski definition) is 2. The van der Waals surface area contributed by atoms with Crippen molar-refractivity contribution in [3.8, 4) is 0 Å². The van der Waals surface area contributed by atoms with Crippen molar-refractivity contribution in [2.75, 3.05) is 37.3 Å². The highest BCUT2D eigenvalue weighted by atomic mass is 16.5. The number of nitrogens with zero attached hydrogens (tertiary/aromatic N) is 1. The molecule has 3 N–H and O–H groups in total.